The number of ether oxygens (including phenoxy) is 1. The van der Waals surface area contributed by atoms with Crippen LogP contribution in [-0.4, -0.2) is 35.5 Å². The summed E-state index contributed by atoms with van der Waals surface area (Å²) in [5.74, 6) is -1.03. The number of rotatable bonds is 16. The van der Waals surface area contributed by atoms with Gasteiger partial charge in [0.2, 0.25) is 0 Å². The fourth-order valence-corrected chi connectivity index (χ4v) is 3.16. The number of nitrogens with one attached hydrogen (secondary N) is 2. The van der Waals surface area contributed by atoms with Gasteiger partial charge in [-0.25, -0.2) is 4.79 Å². The molecule has 0 atom stereocenters. The smallest absolute Gasteiger partial charge is 0.408 e. The Morgan fingerprint density at radius 2 is 1.40 bits per heavy atom. The van der Waals surface area contributed by atoms with E-state index < -0.39 is 12.0 Å². The molecule has 0 saturated heterocycles. The van der Waals surface area contributed by atoms with Gasteiger partial charge in [-0.15, -0.1) is 0 Å². The van der Waals surface area contributed by atoms with E-state index >= 15 is 0 Å². The van der Waals surface area contributed by atoms with Crippen LogP contribution in [0.3, 0.4) is 0 Å². The van der Waals surface area contributed by atoms with Gasteiger partial charge in [-0.2, -0.15) is 0 Å². The minimum absolute atomic E-state index is 0.0134. The summed E-state index contributed by atoms with van der Waals surface area (Å²) in [4.78, 5) is 23.5. The summed E-state index contributed by atoms with van der Waals surface area (Å²) < 4.78 is 5.08. The van der Waals surface area contributed by atoms with E-state index in [4.69, 9.17) is 4.74 Å². The Labute approximate surface area is 180 Å². The molecule has 0 aliphatic rings. The molecule has 0 unspecified atom stereocenters. The highest BCUT2D eigenvalue weighted by molar-refractivity contribution is 5.97. The van der Waals surface area contributed by atoms with Crippen LogP contribution < -0.4 is 10.6 Å². The number of carbonyl (C=O) groups excluding carboxylic acids is 2. The maximum absolute atomic E-state index is 11.9. The number of alkyl carbamates (subject to hydrolysis) is 1. The Balaban J connectivity index is 1.93. The second-order valence-corrected chi connectivity index (χ2v) is 7.59. The highest BCUT2D eigenvalue weighted by Gasteiger charge is 2.11. The number of aromatic hydroxyl groups is 2. The van der Waals surface area contributed by atoms with Crippen molar-refractivity contribution in [2.45, 2.75) is 84.0 Å². The van der Waals surface area contributed by atoms with Gasteiger partial charge in [-0.05, 0) is 18.6 Å². The van der Waals surface area contributed by atoms with Crippen molar-refractivity contribution in [2.75, 3.05) is 13.3 Å². The minimum Gasteiger partial charge on any atom is -0.508 e. The lowest BCUT2D eigenvalue weighted by Gasteiger charge is -2.09. The van der Waals surface area contributed by atoms with E-state index in [2.05, 4.69) is 17.6 Å². The van der Waals surface area contributed by atoms with E-state index in [9.17, 15) is 19.8 Å². The third-order valence-electron chi connectivity index (χ3n) is 4.94. The molecule has 0 saturated carbocycles. The highest BCUT2D eigenvalue weighted by Crippen LogP contribution is 2.22. The maximum atomic E-state index is 11.9. The SMILES string of the molecule is CCCCCCCCCCCCCCOC(=O)NCNC(=O)c1ccc(O)cc1O. The summed E-state index contributed by atoms with van der Waals surface area (Å²) in [6, 6.07) is 3.67. The summed E-state index contributed by atoms with van der Waals surface area (Å²) in [7, 11) is 0. The number of amides is 2. The zero-order chi connectivity index (χ0) is 22.0. The number of carbonyl (C=O) groups is 2. The number of benzene rings is 1. The number of phenolic OH excluding ortho intramolecular Hbond substituents is 2. The molecule has 0 aromatic heterocycles. The van der Waals surface area contributed by atoms with Crippen LogP contribution in [0.2, 0.25) is 0 Å². The molecule has 1 aromatic rings. The lowest BCUT2D eigenvalue weighted by Crippen LogP contribution is -2.37. The third-order valence-corrected chi connectivity index (χ3v) is 4.94. The molecule has 7 heteroatoms. The van der Waals surface area contributed by atoms with Crippen LogP contribution in [0.4, 0.5) is 4.79 Å². The first-order valence-corrected chi connectivity index (χ1v) is 11.3. The standard InChI is InChI=1S/C23H38N2O5/c1-2-3-4-5-6-7-8-9-10-11-12-13-16-30-23(29)25-18-24-22(28)20-15-14-19(26)17-21(20)27/h14-15,17,26-27H,2-13,16,18H2,1H3,(H,24,28)(H,25,29). The third kappa shape index (κ3) is 12.2. The van der Waals surface area contributed by atoms with Crippen LogP contribution in [0.1, 0.15) is 94.3 Å². The van der Waals surface area contributed by atoms with Crippen molar-refractivity contribution in [1.29, 1.82) is 0 Å². The predicted molar refractivity (Wildman–Crippen MR) is 118 cm³/mol. The normalized spacial score (nSPS) is 10.6. The Hall–Kier alpha value is -2.44. The van der Waals surface area contributed by atoms with Crippen LogP contribution in [-0.2, 0) is 4.74 Å². The van der Waals surface area contributed by atoms with Crippen molar-refractivity contribution in [3.05, 3.63) is 23.8 Å². The van der Waals surface area contributed by atoms with Gasteiger partial charge in [0.25, 0.3) is 5.91 Å². The summed E-state index contributed by atoms with van der Waals surface area (Å²) in [6.07, 6.45) is 14.4. The average molecular weight is 423 g/mol. The number of hydrogen-bond acceptors (Lipinski definition) is 5. The van der Waals surface area contributed by atoms with E-state index in [1.807, 2.05) is 0 Å². The second-order valence-electron chi connectivity index (χ2n) is 7.59. The lowest BCUT2D eigenvalue weighted by molar-refractivity contribution is 0.0945. The van der Waals surface area contributed by atoms with E-state index in [0.29, 0.717) is 6.61 Å². The molecule has 30 heavy (non-hydrogen) atoms. The molecule has 0 aliphatic carbocycles. The molecule has 0 heterocycles. The van der Waals surface area contributed by atoms with Crippen molar-refractivity contribution < 1.29 is 24.5 Å². The summed E-state index contributed by atoms with van der Waals surface area (Å²) in [5.41, 5.74) is 0.0134. The molecule has 4 N–H and O–H groups in total. The van der Waals surface area contributed by atoms with Crippen LogP contribution in [0.5, 0.6) is 11.5 Å². The van der Waals surface area contributed by atoms with E-state index in [1.54, 1.807) is 0 Å². The van der Waals surface area contributed by atoms with Gasteiger partial charge in [-0.3, -0.25) is 4.79 Å². The summed E-state index contributed by atoms with van der Waals surface area (Å²) in [5, 5.41) is 23.7. The first-order valence-electron chi connectivity index (χ1n) is 11.3. The Morgan fingerprint density at radius 3 is 1.97 bits per heavy atom. The molecule has 2 amide bonds. The second kappa shape index (κ2) is 16.4. The van der Waals surface area contributed by atoms with Crippen LogP contribution in [0.25, 0.3) is 0 Å². The quantitative estimate of drug-likeness (QED) is 0.216. The molecular formula is C23H38N2O5. The van der Waals surface area contributed by atoms with E-state index in [-0.39, 0.29) is 23.7 Å². The van der Waals surface area contributed by atoms with Crippen LogP contribution >= 0.6 is 0 Å². The largest absolute Gasteiger partial charge is 0.508 e. The van der Waals surface area contributed by atoms with Gasteiger partial charge in [0.05, 0.1) is 18.8 Å². The molecule has 1 rings (SSSR count). The molecule has 0 aliphatic heterocycles. The molecule has 7 nitrogen and oxygen atoms in total. The van der Waals surface area contributed by atoms with Crippen LogP contribution in [0, 0.1) is 0 Å². The van der Waals surface area contributed by atoms with Crippen molar-refractivity contribution in [3.8, 4) is 11.5 Å². The molecule has 170 valence electrons. The first-order chi connectivity index (χ1) is 14.5. The topological polar surface area (TPSA) is 108 Å². The van der Waals surface area contributed by atoms with Crippen LogP contribution in [0.15, 0.2) is 18.2 Å². The Kier molecular flexibility index (Phi) is 14.0. The van der Waals surface area contributed by atoms with Crippen molar-refractivity contribution in [2.24, 2.45) is 0 Å². The lowest BCUT2D eigenvalue weighted by atomic mass is 10.1. The molecule has 0 bridgehead atoms. The number of phenols is 2. The summed E-state index contributed by atoms with van der Waals surface area (Å²) in [6.45, 7) is 2.48. The minimum atomic E-state index is -0.590. The fourth-order valence-electron chi connectivity index (χ4n) is 3.16. The van der Waals surface area contributed by atoms with Gasteiger partial charge >= 0.3 is 6.09 Å². The molecule has 0 spiro atoms. The van der Waals surface area contributed by atoms with Crippen molar-refractivity contribution in [3.63, 3.8) is 0 Å². The average Bonchev–Trinajstić information content (AvgIpc) is 2.71. The highest BCUT2D eigenvalue weighted by atomic mass is 16.5. The summed E-state index contributed by atoms with van der Waals surface area (Å²) >= 11 is 0. The zero-order valence-electron chi connectivity index (χ0n) is 18.3. The first kappa shape index (κ1) is 25.6. The molecule has 0 fully saturated rings. The van der Waals surface area contributed by atoms with E-state index in [1.165, 1.54) is 69.9 Å². The fraction of sp³-hybridized carbons (Fsp3) is 0.652. The number of hydrogen-bond donors (Lipinski definition) is 4. The Bertz CT molecular complexity index is 622. The monoisotopic (exact) mass is 422 g/mol. The van der Waals surface area contributed by atoms with Gasteiger partial charge in [0.1, 0.15) is 11.5 Å². The predicted octanol–water partition coefficient (Wildman–Crippen LogP) is 5.21. The Morgan fingerprint density at radius 1 is 0.833 bits per heavy atom. The molecular weight excluding hydrogens is 384 g/mol. The van der Waals surface area contributed by atoms with E-state index in [0.717, 1.165) is 25.3 Å². The van der Waals surface area contributed by atoms with Crippen molar-refractivity contribution >= 4 is 12.0 Å². The molecule has 0 radical (unpaired) electrons. The van der Waals surface area contributed by atoms with Gasteiger partial charge < -0.3 is 25.6 Å². The number of unbranched alkanes of at least 4 members (excludes halogenated alkanes) is 11. The van der Waals surface area contributed by atoms with Gasteiger partial charge in [-0.1, -0.05) is 77.6 Å². The zero-order valence-corrected chi connectivity index (χ0v) is 18.3. The van der Waals surface area contributed by atoms with Crippen molar-refractivity contribution in [1.82, 2.24) is 10.6 Å². The molecule has 1 aromatic carbocycles. The van der Waals surface area contributed by atoms with Gasteiger partial charge in [0.15, 0.2) is 0 Å². The van der Waals surface area contributed by atoms with Gasteiger partial charge in [0, 0.05) is 6.07 Å². The maximum Gasteiger partial charge on any atom is 0.408 e.